The molecule has 0 N–H and O–H groups in total. The summed E-state index contributed by atoms with van der Waals surface area (Å²) in [5, 5.41) is 18.6. The van der Waals surface area contributed by atoms with E-state index < -0.39 is 5.41 Å². The van der Waals surface area contributed by atoms with Gasteiger partial charge in [-0.3, -0.25) is 0 Å². The number of nitrogens with zero attached hydrogens (tertiary/aromatic N) is 2. The van der Waals surface area contributed by atoms with E-state index in [2.05, 4.69) is 36.4 Å². The summed E-state index contributed by atoms with van der Waals surface area (Å²) in [6, 6.07) is 21.0. The monoisotopic (exact) mass is 258 g/mol. The molecule has 0 amide bonds. The van der Waals surface area contributed by atoms with Crippen molar-refractivity contribution in [3.63, 3.8) is 0 Å². The van der Waals surface area contributed by atoms with Crippen molar-refractivity contribution in [2.45, 2.75) is 24.7 Å². The topological polar surface area (TPSA) is 47.6 Å². The normalized spacial score (nSPS) is 14.5. The molecule has 1 aliphatic carbocycles. The Labute approximate surface area is 118 Å². The van der Waals surface area contributed by atoms with E-state index in [1.165, 1.54) is 11.1 Å². The first-order valence-electron chi connectivity index (χ1n) is 6.72. The van der Waals surface area contributed by atoms with Gasteiger partial charge in [0, 0.05) is 18.3 Å². The lowest BCUT2D eigenvalue weighted by atomic mass is 9.63. The molecule has 2 heteroatoms. The summed E-state index contributed by atoms with van der Waals surface area (Å²) in [4.78, 5) is 0. The summed E-state index contributed by atoms with van der Waals surface area (Å²) < 4.78 is 0. The highest BCUT2D eigenvalue weighted by atomic mass is 14.4. The van der Waals surface area contributed by atoms with E-state index in [0.717, 1.165) is 17.5 Å². The van der Waals surface area contributed by atoms with Crippen molar-refractivity contribution in [3.8, 4) is 12.1 Å². The molecule has 96 valence electrons. The molecule has 0 atom stereocenters. The number of rotatable bonds is 2. The molecule has 0 spiro atoms. The third-order valence-electron chi connectivity index (χ3n) is 4.21. The first-order chi connectivity index (χ1) is 9.81. The van der Waals surface area contributed by atoms with Gasteiger partial charge in [0.2, 0.25) is 0 Å². The molecular formula is C18H14N2. The molecule has 2 nitrogen and oxygen atoms in total. The second-order valence-electron chi connectivity index (χ2n) is 5.24. The summed E-state index contributed by atoms with van der Waals surface area (Å²) in [5.74, 6) is 0. The molecule has 0 aliphatic heterocycles. The third-order valence-corrected chi connectivity index (χ3v) is 4.21. The van der Waals surface area contributed by atoms with Gasteiger partial charge in [-0.15, -0.1) is 0 Å². The minimum absolute atomic E-state index is 0.342. The number of nitriles is 2. The number of benzene rings is 2. The van der Waals surface area contributed by atoms with E-state index >= 15 is 0 Å². The van der Waals surface area contributed by atoms with Gasteiger partial charge in [0.1, 0.15) is 0 Å². The van der Waals surface area contributed by atoms with Gasteiger partial charge in [0.15, 0.2) is 0 Å². The van der Waals surface area contributed by atoms with E-state index in [0.29, 0.717) is 12.8 Å². The SMILES string of the molecule is N#CCC1(CC#N)c2ccccc2Cc2ccccc21. The zero-order valence-corrected chi connectivity index (χ0v) is 11.1. The Bertz CT molecular complexity index is 668. The molecule has 0 radical (unpaired) electrons. The highest BCUT2D eigenvalue weighted by molar-refractivity contribution is 5.54. The Morgan fingerprint density at radius 3 is 1.70 bits per heavy atom. The Morgan fingerprint density at radius 1 is 0.800 bits per heavy atom. The molecule has 0 aromatic heterocycles. The molecule has 3 rings (SSSR count). The van der Waals surface area contributed by atoms with Crippen LogP contribution in [-0.4, -0.2) is 0 Å². The van der Waals surface area contributed by atoms with Gasteiger partial charge in [-0.2, -0.15) is 10.5 Å². The lowest BCUT2D eigenvalue weighted by Gasteiger charge is -2.38. The van der Waals surface area contributed by atoms with E-state index in [1.807, 2.05) is 24.3 Å². The Hall–Kier alpha value is -2.58. The lowest BCUT2D eigenvalue weighted by Crippen LogP contribution is -2.33. The van der Waals surface area contributed by atoms with Crippen molar-refractivity contribution in [2.24, 2.45) is 0 Å². The molecule has 0 bridgehead atoms. The molecule has 0 fully saturated rings. The predicted octanol–water partition coefficient (Wildman–Crippen LogP) is 3.70. The molecule has 0 saturated heterocycles. The number of hydrogen-bond donors (Lipinski definition) is 0. The zero-order chi connectivity index (χ0) is 14.0. The van der Waals surface area contributed by atoms with Gasteiger partial charge in [0.05, 0.1) is 12.1 Å². The smallest absolute Gasteiger partial charge is 0.0635 e. The fourth-order valence-corrected chi connectivity index (χ4v) is 3.35. The molecule has 2 aromatic rings. The molecule has 0 heterocycles. The zero-order valence-electron chi connectivity index (χ0n) is 11.1. The second kappa shape index (κ2) is 4.83. The molecule has 2 aromatic carbocycles. The molecule has 20 heavy (non-hydrogen) atoms. The molecular weight excluding hydrogens is 244 g/mol. The Balaban J connectivity index is 2.32. The second-order valence-corrected chi connectivity index (χ2v) is 5.24. The quantitative estimate of drug-likeness (QED) is 0.824. The van der Waals surface area contributed by atoms with E-state index in [9.17, 15) is 10.5 Å². The van der Waals surface area contributed by atoms with Crippen LogP contribution < -0.4 is 0 Å². The fourth-order valence-electron chi connectivity index (χ4n) is 3.35. The van der Waals surface area contributed by atoms with Crippen LogP contribution in [0.1, 0.15) is 35.1 Å². The summed E-state index contributed by atoms with van der Waals surface area (Å²) in [6.45, 7) is 0. The highest BCUT2D eigenvalue weighted by Crippen LogP contribution is 2.45. The van der Waals surface area contributed by atoms with Gasteiger partial charge >= 0.3 is 0 Å². The van der Waals surface area contributed by atoms with Crippen LogP contribution in [0.2, 0.25) is 0 Å². The van der Waals surface area contributed by atoms with Crippen molar-refractivity contribution >= 4 is 0 Å². The Morgan fingerprint density at radius 2 is 1.25 bits per heavy atom. The van der Waals surface area contributed by atoms with Crippen LogP contribution in [0.3, 0.4) is 0 Å². The fraction of sp³-hybridized carbons (Fsp3) is 0.222. The van der Waals surface area contributed by atoms with Crippen LogP contribution in [0.4, 0.5) is 0 Å². The predicted molar refractivity (Wildman–Crippen MR) is 76.9 cm³/mol. The molecule has 0 unspecified atom stereocenters. The molecule has 1 aliphatic rings. The maximum atomic E-state index is 9.30. The number of fused-ring (bicyclic) bond motifs is 2. The summed E-state index contributed by atoms with van der Waals surface area (Å²) in [6.07, 6.45) is 1.56. The minimum Gasteiger partial charge on any atom is -0.198 e. The van der Waals surface area contributed by atoms with Crippen molar-refractivity contribution in [3.05, 3.63) is 70.8 Å². The van der Waals surface area contributed by atoms with Crippen LogP contribution in [0.25, 0.3) is 0 Å². The minimum atomic E-state index is -0.477. The largest absolute Gasteiger partial charge is 0.198 e. The van der Waals surface area contributed by atoms with Crippen LogP contribution in [0, 0.1) is 22.7 Å². The van der Waals surface area contributed by atoms with Gasteiger partial charge < -0.3 is 0 Å². The number of hydrogen-bond acceptors (Lipinski definition) is 2. The van der Waals surface area contributed by atoms with Gasteiger partial charge in [-0.05, 0) is 28.7 Å². The van der Waals surface area contributed by atoms with Crippen molar-refractivity contribution in [1.29, 1.82) is 10.5 Å². The average Bonchev–Trinajstić information content (AvgIpc) is 2.48. The van der Waals surface area contributed by atoms with Crippen LogP contribution >= 0.6 is 0 Å². The standard InChI is InChI=1S/C18H14N2/c19-11-9-18(10-12-20)16-7-3-1-5-14(16)13-15-6-2-4-8-17(15)18/h1-8H,9-10,13H2. The van der Waals surface area contributed by atoms with E-state index in [-0.39, 0.29) is 0 Å². The van der Waals surface area contributed by atoms with Crippen molar-refractivity contribution in [1.82, 2.24) is 0 Å². The summed E-state index contributed by atoms with van der Waals surface area (Å²) >= 11 is 0. The van der Waals surface area contributed by atoms with Crippen molar-refractivity contribution in [2.75, 3.05) is 0 Å². The van der Waals surface area contributed by atoms with Crippen LogP contribution in [0.15, 0.2) is 48.5 Å². The van der Waals surface area contributed by atoms with Crippen molar-refractivity contribution < 1.29 is 0 Å². The van der Waals surface area contributed by atoms with Gasteiger partial charge in [-0.1, -0.05) is 48.5 Å². The van der Waals surface area contributed by atoms with Crippen LogP contribution in [0.5, 0.6) is 0 Å². The Kier molecular flexibility index (Phi) is 3.01. The maximum Gasteiger partial charge on any atom is 0.0635 e. The first-order valence-corrected chi connectivity index (χ1v) is 6.72. The molecule has 0 saturated carbocycles. The third kappa shape index (κ3) is 1.70. The van der Waals surface area contributed by atoms with E-state index in [1.54, 1.807) is 0 Å². The van der Waals surface area contributed by atoms with Crippen LogP contribution in [-0.2, 0) is 11.8 Å². The van der Waals surface area contributed by atoms with Gasteiger partial charge in [-0.25, -0.2) is 0 Å². The highest BCUT2D eigenvalue weighted by Gasteiger charge is 2.40. The van der Waals surface area contributed by atoms with Gasteiger partial charge in [0.25, 0.3) is 0 Å². The lowest BCUT2D eigenvalue weighted by molar-refractivity contribution is 0.519. The average molecular weight is 258 g/mol. The summed E-state index contributed by atoms with van der Waals surface area (Å²) in [7, 11) is 0. The first kappa shape index (κ1) is 12.5. The van der Waals surface area contributed by atoms with E-state index in [4.69, 9.17) is 0 Å². The maximum absolute atomic E-state index is 9.30. The summed E-state index contributed by atoms with van der Waals surface area (Å²) in [5.41, 5.74) is 4.27.